The third-order valence-electron chi connectivity index (χ3n) is 3.68. The highest BCUT2D eigenvalue weighted by atomic mass is 79.9. The van der Waals surface area contributed by atoms with E-state index in [0.29, 0.717) is 0 Å². The third kappa shape index (κ3) is 8.30. The number of benzene rings is 1. The van der Waals surface area contributed by atoms with E-state index < -0.39 is 23.7 Å². The molecule has 1 atom stereocenters. The van der Waals surface area contributed by atoms with Crippen molar-refractivity contribution < 1.29 is 19.4 Å². The molecule has 0 spiro atoms. The number of rotatable bonds is 6. The molecule has 0 radical (unpaired) electrons. The zero-order valence-electron chi connectivity index (χ0n) is 15.8. The van der Waals surface area contributed by atoms with Crippen molar-refractivity contribution in [1.82, 2.24) is 10.2 Å². The number of aliphatic carboxylic acids is 1. The van der Waals surface area contributed by atoms with Crippen LogP contribution in [0.1, 0.15) is 32.8 Å². The first kappa shape index (κ1) is 22.8. The molecule has 0 unspecified atom stereocenters. The number of carboxylic acids is 1. The first-order valence-electron chi connectivity index (χ1n) is 8.60. The van der Waals surface area contributed by atoms with Crippen LogP contribution in [0.2, 0.25) is 0 Å². The summed E-state index contributed by atoms with van der Waals surface area (Å²) in [7, 11) is 0. The Bertz CT molecular complexity index is 696. The number of hydrogen-bond donors (Lipinski definition) is 2. The largest absolute Gasteiger partial charge is 0.480 e. The number of halogens is 1. The van der Waals surface area contributed by atoms with E-state index in [9.17, 15) is 14.7 Å². The Hall–Kier alpha value is -2.28. The second-order valence-electron chi connectivity index (χ2n) is 7.26. The number of carboxylic acid groups (broad SMARTS) is 1. The molecule has 6 nitrogen and oxygen atoms in total. The quantitative estimate of drug-likeness (QED) is 0.703. The van der Waals surface area contributed by atoms with Crippen LogP contribution in [0.25, 0.3) is 0 Å². The summed E-state index contributed by atoms with van der Waals surface area (Å²) in [5.74, 6) is -1.09. The predicted octanol–water partition coefficient (Wildman–Crippen LogP) is 3.89. The second kappa shape index (κ2) is 10.2. The Labute approximate surface area is 170 Å². The lowest BCUT2D eigenvalue weighted by atomic mass is 10.0. The van der Waals surface area contributed by atoms with E-state index >= 15 is 0 Å². The zero-order valence-corrected chi connectivity index (χ0v) is 17.6. The van der Waals surface area contributed by atoms with Crippen molar-refractivity contribution in [2.75, 3.05) is 6.54 Å². The minimum absolute atomic E-state index is 0. The molecule has 1 aliphatic rings. The highest BCUT2D eigenvalue weighted by molar-refractivity contribution is 8.93. The summed E-state index contributed by atoms with van der Waals surface area (Å²) in [5, 5.41) is 11.8. The van der Waals surface area contributed by atoms with Gasteiger partial charge in [0.05, 0.1) is 0 Å². The molecule has 1 heterocycles. The first-order chi connectivity index (χ1) is 12.2. The van der Waals surface area contributed by atoms with Crippen molar-refractivity contribution in [2.24, 2.45) is 0 Å². The summed E-state index contributed by atoms with van der Waals surface area (Å²) < 4.78 is 5.15. The van der Waals surface area contributed by atoms with Gasteiger partial charge >= 0.3 is 12.1 Å². The second-order valence-corrected chi connectivity index (χ2v) is 7.26. The van der Waals surface area contributed by atoms with Crippen molar-refractivity contribution >= 4 is 29.0 Å². The molecular formula is C20H27BrN2O4. The Morgan fingerprint density at radius 3 is 2.52 bits per heavy atom. The van der Waals surface area contributed by atoms with Crippen LogP contribution >= 0.6 is 17.0 Å². The van der Waals surface area contributed by atoms with Gasteiger partial charge in [0.2, 0.25) is 0 Å². The summed E-state index contributed by atoms with van der Waals surface area (Å²) >= 11 is 0. The lowest BCUT2D eigenvalue weighted by Gasteiger charge is -2.25. The lowest BCUT2D eigenvalue weighted by molar-refractivity contribution is -0.139. The Morgan fingerprint density at radius 2 is 1.93 bits per heavy atom. The molecule has 0 bridgehead atoms. The van der Waals surface area contributed by atoms with Crippen molar-refractivity contribution in [3.8, 4) is 0 Å². The van der Waals surface area contributed by atoms with Gasteiger partial charge in [0.1, 0.15) is 11.6 Å². The van der Waals surface area contributed by atoms with E-state index in [1.54, 1.807) is 20.8 Å². The first-order valence-corrected chi connectivity index (χ1v) is 8.60. The molecule has 1 aliphatic heterocycles. The maximum absolute atomic E-state index is 11.9. The molecule has 1 aromatic rings. The van der Waals surface area contributed by atoms with Crippen molar-refractivity contribution in [1.29, 1.82) is 0 Å². The van der Waals surface area contributed by atoms with Crippen LogP contribution in [-0.2, 0) is 16.1 Å². The van der Waals surface area contributed by atoms with E-state index in [1.807, 2.05) is 36.6 Å². The molecule has 1 amide bonds. The van der Waals surface area contributed by atoms with E-state index in [2.05, 4.69) is 22.3 Å². The molecule has 0 fully saturated rings. The number of carbonyl (C=O) groups excluding carboxylic acids is 1. The minimum Gasteiger partial charge on any atom is -0.480 e. The average Bonchev–Trinajstić information content (AvgIpc) is 2.53. The van der Waals surface area contributed by atoms with Crippen LogP contribution in [0.4, 0.5) is 4.79 Å². The van der Waals surface area contributed by atoms with Crippen LogP contribution in [0.3, 0.4) is 0 Å². The summed E-state index contributed by atoms with van der Waals surface area (Å²) in [6, 6.07) is 9.01. The van der Waals surface area contributed by atoms with E-state index in [4.69, 9.17) is 4.74 Å². The Kier molecular flexibility index (Phi) is 8.56. The zero-order chi connectivity index (χ0) is 19.2. The van der Waals surface area contributed by atoms with Gasteiger partial charge < -0.3 is 20.1 Å². The van der Waals surface area contributed by atoms with Crippen molar-refractivity contribution in [2.45, 2.75) is 45.4 Å². The topological polar surface area (TPSA) is 78.9 Å². The molecular weight excluding hydrogens is 412 g/mol. The number of nitrogens with zero attached hydrogens (tertiary/aromatic N) is 1. The van der Waals surface area contributed by atoms with Crippen LogP contribution in [0, 0.1) is 0 Å². The van der Waals surface area contributed by atoms with Crippen LogP contribution in [-0.4, -0.2) is 40.3 Å². The summed E-state index contributed by atoms with van der Waals surface area (Å²) in [6.45, 7) is 6.70. The third-order valence-corrected chi connectivity index (χ3v) is 3.68. The SMILES string of the molecule is Br.CC(C)(C)OC(=O)N[C@H](CC1=CN(Cc2ccccc2)CC=C1)C(=O)O. The normalized spacial score (nSPS) is 14.6. The van der Waals surface area contributed by atoms with Crippen LogP contribution in [0.5, 0.6) is 0 Å². The monoisotopic (exact) mass is 438 g/mol. The lowest BCUT2D eigenvalue weighted by Crippen LogP contribution is -2.43. The maximum Gasteiger partial charge on any atom is 0.408 e. The van der Waals surface area contributed by atoms with Gasteiger partial charge in [-0.3, -0.25) is 0 Å². The van der Waals surface area contributed by atoms with E-state index in [1.165, 1.54) is 5.56 Å². The van der Waals surface area contributed by atoms with Crippen LogP contribution in [0.15, 0.2) is 54.3 Å². The number of hydrogen-bond acceptors (Lipinski definition) is 4. The molecule has 2 rings (SSSR count). The number of ether oxygens (including phenoxy) is 1. The van der Waals surface area contributed by atoms with Gasteiger partial charge in [-0.1, -0.05) is 42.5 Å². The standard InChI is InChI=1S/C20H26N2O4.BrH/c1-20(2,3)26-19(25)21-17(18(23)24)12-16-10-7-11-22(14-16)13-15-8-5-4-6-9-15;/h4-10,14,17H,11-13H2,1-3H3,(H,21,25)(H,23,24);1H/t17-;/m1./s1. The molecule has 0 saturated heterocycles. The maximum atomic E-state index is 11.9. The number of nitrogens with one attached hydrogen (secondary N) is 1. The van der Waals surface area contributed by atoms with Gasteiger partial charge in [-0.2, -0.15) is 0 Å². The molecule has 148 valence electrons. The molecule has 0 aliphatic carbocycles. The Balaban J connectivity index is 0.00000364. The molecule has 7 heteroatoms. The summed E-state index contributed by atoms with van der Waals surface area (Å²) in [4.78, 5) is 25.5. The number of amides is 1. The molecule has 0 aromatic heterocycles. The molecule has 27 heavy (non-hydrogen) atoms. The van der Waals surface area contributed by atoms with E-state index in [0.717, 1.165) is 18.7 Å². The number of alkyl carbamates (subject to hydrolysis) is 1. The summed E-state index contributed by atoms with van der Waals surface area (Å²) in [5.41, 5.74) is 1.35. The molecule has 0 saturated carbocycles. The summed E-state index contributed by atoms with van der Waals surface area (Å²) in [6.07, 6.45) is 5.29. The smallest absolute Gasteiger partial charge is 0.408 e. The van der Waals surface area contributed by atoms with Crippen molar-refractivity contribution in [3.63, 3.8) is 0 Å². The van der Waals surface area contributed by atoms with Gasteiger partial charge in [0.25, 0.3) is 0 Å². The molecule has 2 N–H and O–H groups in total. The minimum atomic E-state index is -1.09. The Morgan fingerprint density at radius 1 is 1.26 bits per heavy atom. The van der Waals surface area contributed by atoms with E-state index in [-0.39, 0.29) is 23.4 Å². The van der Waals surface area contributed by atoms with Gasteiger partial charge in [0, 0.05) is 25.7 Å². The van der Waals surface area contributed by atoms with Gasteiger partial charge in [-0.25, -0.2) is 9.59 Å². The fraction of sp³-hybridized carbons (Fsp3) is 0.400. The van der Waals surface area contributed by atoms with Gasteiger partial charge in [-0.15, -0.1) is 17.0 Å². The number of allylic oxidation sites excluding steroid dienone is 1. The highest BCUT2D eigenvalue weighted by Gasteiger charge is 2.25. The average molecular weight is 439 g/mol. The van der Waals surface area contributed by atoms with Gasteiger partial charge in [-0.05, 0) is 31.9 Å². The molecule has 1 aromatic carbocycles. The fourth-order valence-electron chi connectivity index (χ4n) is 2.60. The van der Waals surface area contributed by atoms with Gasteiger partial charge in [0.15, 0.2) is 0 Å². The number of carbonyl (C=O) groups is 2. The fourth-order valence-corrected chi connectivity index (χ4v) is 2.60. The van der Waals surface area contributed by atoms with Crippen molar-refractivity contribution in [3.05, 3.63) is 59.8 Å². The highest BCUT2D eigenvalue weighted by Crippen LogP contribution is 2.17. The van der Waals surface area contributed by atoms with Crippen LogP contribution < -0.4 is 5.32 Å². The predicted molar refractivity (Wildman–Crippen MR) is 110 cm³/mol.